The van der Waals surface area contributed by atoms with E-state index in [1.165, 1.54) is 12.1 Å². The molecule has 9 nitrogen and oxygen atoms in total. The smallest absolute Gasteiger partial charge is 0.269 e. The van der Waals surface area contributed by atoms with Crippen molar-refractivity contribution in [2.24, 2.45) is 10.9 Å². The van der Waals surface area contributed by atoms with Crippen molar-refractivity contribution in [2.75, 3.05) is 45.6 Å². The molecule has 0 aliphatic carbocycles. The zero-order valence-corrected chi connectivity index (χ0v) is 18.6. The maximum absolute atomic E-state index is 11.5. The lowest BCUT2D eigenvalue weighted by atomic mass is 9.93. The van der Waals surface area contributed by atoms with Crippen molar-refractivity contribution in [1.29, 1.82) is 0 Å². The highest BCUT2D eigenvalue weighted by atomic mass is 127. The quantitative estimate of drug-likeness (QED) is 0.131. The van der Waals surface area contributed by atoms with Crippen LogP contribution in [0.15, 0.2) is 29.3 Å². The Kier molecular flexibility index (Phi) is 10.6. The van der Waals surface area contributed by atoms with Crippen LogP contribution in [0.2, 0.25) is 0 Å². The van der Waals surface area contributed by atoms with Gasteiger partial charge in [-0.25, -0.2) is 0 Å². The van der Waals surface area contributed by atoms with Crippen LogP contribution in [0, 0.1) is 16.0 Å². The number of aliphatic imine (C=N–C) groups is 1. The van der Waals surface area contributed by atoms with Crippen molar-refractivity contribution in [3.8, 4) is 0 Å². The van der Waals surface area contributed by atoms with Gasteiger partial charge in [-0.1, -0.05) is 0 Å². The third-order valence-electron chi connectivity index (χ3n) is 4.69. The minimum Gasteiger partial charge on any atom is -0.383 e. The molecule has 1 aliphatic rings. The molecular weight excluding hydrogens is 475 g/mol. The number of non-ortho nitro benzene ring substituents is 1. The molecule has 0 unspecified atom stereocenters. The summed E-state index contributed by atoms with van der Waals surface area (Å²) in [5.41, 5.74) is 0.923. The summed E-state index contributed by atoms with van der Waals surface area (Å²) in [7, 11) is 3.44. The van der Waals surface area contributed by atoms with E-state index in [1.807, 2.05) is 0 Å². The van der Waals surface area contributed by atoms with E-state index in [0.717, 1.165) is 37.6 Å². The van der Waals surface area contributed by atoms with Gasteiger partial charge < -0.3 is 20.9 Å². The minimum absolute atomic E-state index is 0. The average Bonchev–Trinajstić information content (AvgIpc) is 2.69. The fourth-order valence-electron chi connectivity index (χ4n) is 3.13. The van der Waals surface area contributed by atoms with Gasteiger partial charge in [-0.15, -0.1) is 24.0 Å². The highest BCUT2D eigenvalue weighted by Gasteiger charge is 2.22. The first-order valence-corrected chi connectivity index (χ1v) is 9.18. The number of guanidine groups is 1. The highest BCUT2D eigenvalue weighted by molar-refractivity contribution is 14.0. The highest BCUT2D eigenvalue weighted by Crippen LogP contribution is 2.20. The molecule has 0 bridgehead atoms. The number of likely N-dealkylation sites (tertiary alicyclic amines) is 1. The fourth-order valence-corrected chi connectivity index (χ4v) is 3.13. The Labute approximate surface area is 182 Å². The predicted octanol–water partition coefficient (Wildman–Crippen LogP) is 2.05. The van der Waals surface area contributed by atoms with Crippen molar-refractivity contribution in [3.63, 3.8) is 0 Å². The van der Waals surface area contributed by atoms with Crippen LogP contribution in [0.25, 0.3) is 0 Å². The zero-order chi connectivity index (χ0) is 19.6. The number of nitro benzene ring substituents is 1. The number of rotatable bonds is 7. The number of carbonyl (C=O) groups excluding carboxylic acids is 1. The van der Waals surface area contributed by atoms with Crippen LogP contribution in [0.3, 0.4) is 0 Å². The molecule has 2 rings (SSSR count). The second-order valence-corrected chi connectivity index (χ2v) is 6.51. The van der Waals surface area contributed by atoms with E-state index in [-0.39, 0.29) is 35.6 Å². The van der Waals surface area contributed by atoms with Crippen molar-refractivity contribution in [3.05, 3.63) is 34.4 Å². The number of piperidine rings is 1. The molecule has 10 heteroatoms. The van der Waals surface area contributed by atoms with Gasteiger partial charge >= 0.3 is 0 Å². The second-order valence-electron chi connectivity index (χ2n) is 6.51. The van der Waals surface area contributed by atoms with E-state index >= 15 is 0 Å². The lowest BCUT2D eigenvalue weighted by Crippen LogP contribution is -2.47. The summed E-state index contributed by atoms with van der Waals surface area (Å²) in [5.74, 6) is 1.40. The summed E-state index contributed by atoms with van der Waals surface area (Å²) in [6, 6.07) is 6.36. The maximum atomic E-state index is 11.5. The van der Waals surface area contributed by atoms with Crippen LogP contribution in [0.4, 0.5) is 11.4 Å². The molecule has 1 fully saturated rings. The summed E-state index contributed by atoms with van der Waals surface area (Å²) < 4.78 is 0. The zero-order valence-electron chi connectivity index (χ0n) is 16.3. The van der Waals surface area contributed by atoms with E-state index in [0.29, 0.717) is 25.4 Å². The minimum atomic E-state index is -0.410. The number of hydrogen-bond acceptors (Lipinski definition) is 5. The summed E-state index contributed by atoms with van der Waals surface area (Å²) in [6.07, 6.45) is 2.56. The van der Waals surface area contributed by atoms with Gasteiger partial charge in [0.1, 0.15) is 0 Å². The van der Waals surface area contributed by atoms with Crippen LogP contribution in [0.5, 0.6) is 0 Å². The Morgan fingerprint density at radius 2 is 1.89 bits per heavy atom. The largest absolute Gasteiger partial charge is 0.383 e. The monoisotopic (exact) mass is 504 g/mol. The standard InChI is InChI=1S/C18H28N6O3.HI/c1-19-17(25)13-14-7-11-23(12-8-14)18(20-2)22-10-9-21-15-3-5-16(6-4-15)24(26)27;/h3-6,14,21H,7-13H2,1-2H3,(H,19,25)(H,20,22);1H. The van der Waals surface area contributed by atoms with Gasteiger partial charge in [0.05, 0.1) is 4.92 Å². The molecule has 1 aliphatic heterocycles. The van der Waals surface area contributed by atoms with Gasteiger partial charge in [-0.2, -0.15) is 0 Å². The predicted molar refractivity (Wildman–Crippen MR) is 121 cm³/mol. The molecule has 0 aromatic heterocycles. The molecule has 3 N–H and O–H groups in total. The van der Waals surface area contributed by atoms with Gasteiger partial charge in [0.25, 0.3) is 5.69 Å². The first-order chi connectivity index (χ1) is 13.0. The van der Waals surface area contributed by atoms with Crippen LogP contribution in [0.1, 0.15) is 19.3 Å². The Hall–Kier alpha value is -2.11. The molecule has 1 amide bonds. The Bertz CT molecular complexity index is 660. The number of amides is 1. The normalized spacial score (nSPS) is 14.8. The summed E-state index contributed by atoms with van der Waals surface area (Å²) in [5, 5.41) is 19.9. The average molecular weight is 504 g/mol. The van der Waals surface area contributed by atoms with Crippen LogP contribution < -0.4 is 16.0 Å². The molecular formula is C18H29IN6O3. The SMILES string of the molecule is CN=C(NCCNc1ccc([N+](=O)[O-])cc1)N1CCC(CC(=O)NC)CC1.I. The van der Waals surface area contributed by atoms with E-state index in [9.17, 15) is 14.9 Å². The first-order valence-electron chi connectivity index (χ1n) is 9.18. The Morgan fingerprint density at radius 3 is 2.43 bits per heavy atom. The molecule has 28 heavy (non-hydrogen) atoms. The van der Waals surface area contributed by atoms with E-state index in [4.69, 9.17) is 0 Å². The number of anilines is 1. The Balaban J connectivity index is 0.00000392. The molecule has 0 atom stereocenters. The number of benzene rings is 1. The van der Waals surface area contributed by atoms with Gasteiger partial charge in [0, 0.05) is 64.5 Å². The third-order valence-corrected chi connectivity index (χ3v) is 4.69. The van der Waals surface area contributed by atoms with Crippen LogP contribution >= 0.6 is 24.0 Å². The summed E-state index contributed by atoms with van der Waals surface area (Å²) in [4.78, 5) is 28.3. The lowest BCUT2D eigenvalue weighted by molar-refractivity contribution is -0.384. The molecule has 1 aromatic carbocycles. The molecule has 1 aromatic rings. The van der Waals surface area contributed by atoms with E-state index in [2.05, 4.69) is 25.8 Å². The van der Waals surface area contributed by atoms with Gasteiger partial charge in [0.2, 0.25) is 5.91 Å². The number of nitrogens with one attached hydrogen (secondary N) is 3. The van der Waals surface area contributed by atoms with Crippen LogP contribution in [-0.2, 0) is 4.79 Å². The van der Waals surface area contributed by atoms with E-state index in [1.54, 1.807) is 26.2 Å². The maximum Gasteiger partial charge on any atom is 0.269 e. The topological polar surface area (TPSA) is 112 Å². The molecule has 0 spiro atoms. The number of halogens is 1. The van der Waals surface area contributed by atoms with Crippen molar-refractivity contribution in [2.45, 2.75) is 19.3 Å². The fraction of sp³-hybridized carbons (Fsp3) is 0.556. The number of nitro groups is 1. The molecule has 156 valence electrons. The van der Waals surface area contributed by atoms with E-state index < -0.39 is 4.92 Å². The molecule has 1 heterocycles. The summed E-state index contributed by atoms with van der Waals surface area (Å²) in [6.45, 7) is 3.13. The molecule has 0 radical (unpaired) electrons. The lowest BCUT2D eigenvalue weighted by Gasteiger charge is -2.34. The molecule has 0 saturated carbocycles. The van der Waals surface area contributed by atoms with Crippen LogP contribution in [-0.4, -0.2) is 62.0 Å². The second kappa shape index (κ2) is 12.4. The number of nitrogens with zero attached hydrogens (tertiary/aromatic N) is 3. The van der Waals surface area contributed by atoms with Gasteiger partial charge in [-0.05, 0) is 30.9 Å². The number of carbonyl (C=O) groups is 1. The molecule has 1 saturated heterocycles. The Morgan fingerprint density at radius 1 is 1.25 bits per heavy atom. The first kappa shape index (κ1) is 23.9. The van der Waals surface area contributed by atoms with Crippen molar-refractivity contribution < 1.29 is 9.72 Å². The van der Waals surface area contributed by atoms with Gasteiger partial charge in [0.15, 0.2) is 5.96 Å². The summed E-state index contributed by atoms with van der Waals surface area (Å²) >= 11 is 0. The van der Waals surface area contributed by atoms with Crippen molar-refractivity contribution in [1.82, 2.24) is 15.5 Å². The van der Waals surface area contributed by atoms with Gasteiger partial charge in [-0.3, -0.25) is 19.9 Å². The third kappa shape index (κ3) is 7.49. The van der Waals surface area contributed by atoms with Crippen molar-refractivity contribution >= 4 is 47.2 Å². The number of hydrogen-bond donors (Lipinski definition) is 3.